The van der Waals surface area contributed by atoms with Gasteiger partial charge in [-0.3, -0.25) is 4.79 Å². The zero-order valence-electron chi connectivity index (χ0n) is 15.5. The van der Waals surface area contributed by atoms with Gasteiger partial charge >= 0.3 is 0 Å². The van der Waals surface area contributed by atoms with E-state index in [4.69, 9.17) is 16.3 Å². The van der Waals surface area contributed by atoms with Crippen LogP contribution in [0.1, 0.15) is 11.1 Å². The highest BCUT2D eigenvalue weighted by atomic mass is 127. The summed E-state index contributed by atoms with van der Waals surface area (Å²) in [5.41, 5.74) is 3.64. The first-order chi connectivity index (χ1) is 14.6. The number of hydrogen-bond donors (Lipinski definition) is 0. The summed E-state index contributed by atoms with van der Waals surface area (Å²) < 4.78 is 9.26. The van der Waals surface area contributed by atoms with Crippen molar-refractivity contribution in [2.24, 2.45) is 0 Å². The Morgan fingerprint density at radius 2 is 1.90 bits per heavy atom. The minimum atomic E-state index is -0.0400. The first-order valence-corrected chi connectivity index (χ1v) is 11.4. The van der Waals surface area contributed by atoms with E-state index >= 15 is 0 Å². The number of aromatic nitrogens is 2. The second kappa shape index (κ2) is 8.02. The van der Waals surface area contributed by atoms with Crippen molar-refractivity contribution in [3.8, 4) is 5.75 Å². The molecule has 0 saturated carbocycles. The third kappa shape index (κ3) is 3.71. The molecule has 0 aliphatic carbocycles. The smallest absolute Gasteiger partial charge is 0.274 e. The number of para-hydroxylation sites is 2. The molecule has 0 atom stereocenters. The fraction of sp³-hybridized carbons (Fsp3) is 0.0435. The van der Waals surface area contributed by atoms with E-state index in [0.29, 0.717) is 21.1 Å². The quantitative estimate of drug-likeness (QED) is 0.289. The normalized spacial score (nSPS) is 12.1. The maximum absolute atomic E-state index is 12.9. The van der Waals surface area contributed by atoms with Gasteiger partial charge in [-0.1, -0.05) is 53.3 Å². The molecular formula is C23H14ClIN2O2S. The number of halogens is 2. The standard InChI is InChI=1S/C23H14ClIN2O2S/c24-16-8-5-14(6-9-16)13-29-20-10-7-15(11-17(20)25)12-21-22(28)27-19-4-2-1-3-18(19)26-23(27)30-21/h1-12H,13H2/b21-12-. The molecule has 0 radical (unpaired) electrons. The van der Waals surface area contributed by atoms with Crippen molar-refractivity contribution in [3.05, 3.63) is 101 Å². The first-order valence-electron chi connectivity index (χ1n) is 9.17. The molecule has 30 heavy (non-hydrogen) atoms. The summed E-state index contributed by atoms with van der Waals surface area (Å²) >= 11 is 9.58. The Kier molecular flexibility index (Phi) is 5.22. The summed E-state index contributed by atoms with van der Waals surface area (Å²) in [6.45, 7) is 0.468. The van der Waals surface area contributed by atoms with Gasteiger partial charge in [0.2, 0.25) is 0 Å². The van der Waals surface area contributed by atoms with Crippen molar-refractivity contribution in [1.29, 1.82) is 0 Å². The molecule has 0 bridgehead atoms. The zero-order chi connectivity index (χ0) is 20.7. The maximum Gasteiger partial charge on any atom is 0.274 e. The predicted molar refractivity (Wildman–Crippen MR) is 131 cm³/mol. The van der Waals surface area contributed by atoms with Crippen LogP contribution in [0.4, 0.5) is 0 Å². The highest BCUT2D eigenvalue weighted by Crippen LogP contribution is 2.24. The van der Waals surface area contributed by atoms with Gasteiger partial charge in [-0.05, 0) is 76.2 Å². The molecular weight excluding hydrogens is 531 g/mol. The SMILES string of the molecule is O=c1/c(=C/c2ccc(OCc3ccc(Cl)cc3)c(I)c2)sc2nc3ccccc3n12. The molecule has 0 saturated heterocycles. The van der Waals surface area contributed by atoms with E-state index in [0.717, 1.165) is 31.5 Å². The van der Waals surface area contributed by atoms with Gasteiger partial charge in [0.1, 0.15) is 12.4 Å². The molecule has 0 fully saturated rings. The van der Waals surface area contributed by atoms with Crippen molar-refractivity contribution >= 4 is 67.6 Å². The number of imidazole rings is 1. The molecule has 2 heterocycles. The van der Waals surface area contributed by atoms with Crippen molar-refractivity contribution in [1.82, 2.24) is 9.38 Å². The summed E-state index contributed by atoms with van der Waals surface area (Å²) in [5.74, 6) is 0.803. The van der Waals surface area contributed by atoms with Crippen molar-refractivity contribution in [2.75, 3.05) is 0 Å². The van der Waals surface area contributed by atoms with E-state index in [-0.39, 0.29) is 5.56 Å². The Labute approximate surface area is 194 Å². The van der Waals surface area contributed by atoms with Gasteiger partial charge < -0.3 is 4.74 Å². The summed E-state index contributed by atoms with van der Waals surface area (Å²) in [7, 11) is 0. The molecule has 3 aromatic carbocycles. The van der Waals surface area contributed by atoms with Crippen LogP contribution in [0.15, 0.2) is 71.5 Å². The van der Waals surface area contributed by atoms with E-state index in [1.807, 2.05) is 72.8 Å². The molecule has 5 rings (SSSR count). The van der Waals surface area contributed by atoms with E-state index in [1.165, 1.54) is 11.3 Å². The molecule has 0 spiro atoms. The van der Waals surface area contributed by atoms with Gasteiger partial charge in [0, 0.05) is 5.02 Å². The number of hydrogen-bond acceptors (Lipinski definition) is 4. The number of benzene rings is 3. The van der Waals surface area contributed by atoms with E-state index in [9.17, 15) is 4.79 Å². The lowest BCUT2D eigenvalue weighted by Crippen LogP contribution is -2.22. The van der Waals surface area contributed by atoms with E-state index < -0.39 is 0 Å². The van der Waals surface area contributed by atoms with Crippen LogP contribution < -0.4 is 14.8 Å². The topological polar surface area (TPSA) is 43.6 Å². The van der Waals surface area contributed by atoms with Gasteiger partial charge in [0.15, 0.2) is 4.96 Å². The molecule has 2 aromatic heterocycles. The van der Waals surface area contributed by atoms with E-state index in [2.05, 4.69) is 27.6 Å². The van der Waals surface area contributed by atoms with Gasteiger partial charge in [0.05, 0.1) is 19.1 Å². The number of rotatable bonds is 4. The predicted octanol–water partition coefficient (Wildman–Crippen LogP) is 5.29. The Hall–Kier alpha value is -2.42. The molecule has 0 amide bonds. The second-order valence-electron chi connectivity index (χ2n) is 6.74. The lowest BCUT2D eigenvalue weighted by atomic mass is 10.2. The van der Waals surface area contributed by atoms with Gasteiger partial charge in [-0.25, -0.2) is 9.38 Å². The number of thiazole rings is 1. The van der Waals surface area contributed by atoms with Crippen LogP contribution in [0.5, 0.6) is 5.75 Å². The summed E-state index contributed by atoms with van der Waals surface area (Å²) in [4.78, 5) is 18.2. The van der Waals surface area contributed by atoms with Crippen molar-refractivity contribution in [2.45, 2.75) is 6.61 Å². The molecule has 4 nitrogen and oxygen atoms in total. The second-order valence-corrected chi connectivity index (χ2v) is 9.35. The van der Waals surface area contributed by atoms with Crippen molar-refractivity contribution < 1.29 is 4.74 Å². The molecule has 0 N–H and O–H groups in total. The molecule has 148 valence electrons. The molecule has 0 unspecified atom stereocenters. The summed E-state index contributed by atoms with van der Waals surface area (Å²) in [5, 5.41) is 0.708. The van der Waals surface area contributed by atoms with Crippen LogP contribution in [0, 0.1) is 3.57 Å². The lowest BCUT2D eigenvalue weighted by molar-refractivity contribution is 0.304. The minimum Gasteiger partial charge on any atom is -0.488 e. The Morgan fingerprint density at radius 1 is 1.10 bits per heavy atom. The van der Waals surface area contributed by atoms with Crippen LogP contribution >= 0.6 is 45.5 Å². The van der Waals surface area contributed by atoms with Crippen LogP contribution in [0.2, 0.25) is 5.02 Å². The fourth-order valence-corrected chi connectivity index (χ4v) is 5.04. The summed E-state index contributed by atoms with van der Waals surface area (Å²) in [6.07, 6.45) is 1.90. The maximum atomic E-state index is 12.9. The van der Waals surface area contributed by atoms with E-state index in [1.54, 1.807) is 4.40 Å². The van der Waals surface area contributed by atoms with Crippen LogP contribution in [0.25, 0.3) is 22.1 Å². The molecule has 5 aromatic rings. The lowest BCUT2D eigenvalue weighted by Gasteiger charge is -2.09. The highest BCUT2D eigenvalue weighted by Gasteiger charge is 2.11. The summed E-state index contributed by atoms with van der Waals surface area (Å²) in [6, 6.07) is 21.2. The number of fused-ring (bicyclic) bond motifs is 3. The van der Waals surface area contributed by atoms with Crippen LogP contribution in [-0.2, 0) is 6.61 Å². The minimum absolute atomic E-state index is 0.0400. The monoisotopic (exact) mass is 544 g/mol. The Bertz CT molecular complexity index is 1490. The van der Waals surface area contributed by atoms with Crippen LogP contribution in [-0.4, -0.2) is 9.38 Å². The Morgan fingerprint density at radius 3 is 2.70 bits per heavy atom. The number of nitrogens with zero attached hydrogens (tertiary/aromatic N) is 2. The third-order valence-corrected chi connectivity index (χ3v) is 6.77. The largest absolute Gasteiger partial charge is 0.488 e. The zero-order valence-corrected chi connectivity index (χ0v) is 19.2. The molecule has 7 heteroatoms. The average Bonchev–Trinajstić information content (AvgIpc) is 3.25. The first kappa shape index (κ1) is 19.5. The highest BCUT2D eigenvalue weighted by molar-refractivity contribution is 14.1. The molecule has 0 aliphatic heterocycles. The Balaban J connectivity index is 1.44. The van der Waals surface area contributed by atoms with Crippen molar-refractivity contribution in [3.63, 3.8) is 0 Å². The average molecular weight is 545 g/mol. The third-order valence-electron chi connectivity index (χ3n) is 4.71. The number of ether oxygens (including phenoxy) is 1. The van der Waals surface area contributed by atoms with Crippen LogP contribution in [0.3, 0.4) is 0 Å². The van der Waals surface area contributed by atoms with Gasteiger partial charge in [0.25, 0.3) is 5.56 Å². The van der Waals surface area contributed by atoms with Gasteiger partial charge in [-0.2, -0.15) is 0 Å². The van der Waals surface area contributed by atoms with Gasteiger partial charge in [-0.15, -0.1) is 0 Å². The molecule has 0 aliphatic rings. The fourth-order valence-electron chi connectivity index (χ4n) is 3.23.